The highest BCUT2D eigenvalue weighted by molar-refractivity contribution is 9.09. The lowest BCUT2D eigenvalue weighted by Gasteiger charge is -2.21. The molecular formula is C14H21Br. The summed E-state index contributed by atoms with van der Waals surface area (Å²) in [6.07, 6.45) is 2.47. The van der Waals surface area contributed by atoms with Crippen LogP contribution in [0.4, 0.5) is 0 Å². The molecule has 0 aromatic heterocycles. The van der Waals surface area contributed by atoms with Gasteiger partial charge in [-0.05, 0) is 30.9 Å². The normalized spacial score (nSPS) is 13.2. The van der Waals surface area contributed by atoms with E-state index in [0.29, 0.717) is 4.83 Å². The summed E-state index contributed by atoms with van der Waals surface area (Å²) in [5, 5.41) is 0. The number of hydrogen-bond donors (Lipinski definition) is 0. The van der Waals surface area contributed by atoms with Crippen LogP contribution in [-0.4, -0.2) is 0 Å². The van der Waals surface area contributed by atoms with Gasteiger partial charge in [0.05, 0.1) is 0 Å². The molecule has 0 aliphatic rings. The molecule has 0 saturated carbocycles. The maximum Gasteiger partial charge on any atom is 0.0425 e. The van der Waals surface area contributed by atoms with E-state index in [-0.39, 0.29) is 0 Å². The lowest BCUT2D eigenvalue weighted by atomic mass is 9.91. The second-order valence-electron chi connectivity index (χ2n) is 4.34. The van der Waals surface area contributed by atoms with E-state index >= 15 is 0 Å². The average Bonchev–Trinajstić information content (AvgIpc) is 2.19. The van der Waals surface area contributed by atoms with Crippen LogP contribution in [0.1, 0.15) is 48.2 Å². The third-order valence-electron chi connectivity index (χ3n) is 3.19. The molecule has 1 atom stereocenters. The number of alkyl halides is 1. The third kappa shape index (κ3) is 3.07. The maximum absolute atomic E-state index is 3.85. The SMILES string of the molecule is CCC(CC)C(Br)c1ccc(C)cc1C. The van der Waals surface area contributed by atoms with Crippen molar-refractivity contribution in [2.24, 2.45) is 5.92 Å². The Hall–Kier alpha value is -0.300. The van der Waals surface area contributed by atoms with E-state index in [9.17, 15) is 0 Å². The first-order valence-electron chi connectivity index (χ1n) is 5.81. The van der Waals surface area contributed by atoms with E-state index in [0.717, 1.165) is 5.92 Å². The van der Waals surface area contributed by atoms with Gasteiger partial charge in [-0.2, -0.15) is 0 Å². The van der Waals surface area contributed by atoms with Crippen LogP contribution in [0.2, 0.25) is 0 Å². The Kier molecular flexibility index (Phi) is 4.85. The van der Waals surface area contributed by atoms with Crippen molar-refractivity contribution in [3.05, 3.63) is 34.9 Å². The summed E-state index contributed by atoms with van der Waals surface area (Å²) in [5.41, 5.74) is 4.21. The molecule has 0 heterocycles. The van der Waals surface area contributed by atoms with Crippen molar-refractivity contribution < 1.29 is 0 Å². The molecule has 0 spiro atoms. The van der Waals surface area contributed by atoms with Gasteiger partial charge in [0.25, 0.3) is 0 Å². The molecule has 1 aromatic rings. The van der Waals surface area contributed by atoms with Gasteiger partial charge in [-0.3, -0.25) is 0 Å². The summed E-state index contributed by atoms with van der Waals surface area (Å²) < 4.78 is 0. The number of rotatable bonds is 4. The monoisotopic (exact) mass is 268 g/mol. The van der Waals surface area contributed by atoms with E-state index in [1.54, 1.807) is 0 Å². The number of hydrogen-bond acceptors (Lipinski definition) is 0. The number of aryl methyl sites for hydroxylation is 2. The second-order valence-corrected chi connectivity index (χ2v) is 5.32. The first kappa shape index (κ1) is 12.8. The Morgan fingerprint density at radius 1 is 1.13 bits per heavy atom. The van der Waals surface area contributed by atoms with Crippen LogP contribution < -0.4 is 0 Å². The van der Waals surface area contributed by atoms with Gasteiger partial charge >= 0.3 is 0 Å². The van der Waals surface area contributed by atoms with Crippen LogP contribution in [0.3, 0.4) is 0 Å². The van der Waals surface area contributed by atoms with Gasteiger partial charge in [-0.25, -0.2) is 0 Å². The topological polar surface area (TPSA) is 0 Å². The standard InChI is InChI=1S/C14H21Br/c1-5-12(6-2)14(15)13-8-7-10(3)9-11(13)4/h7-9,12,14H,5-6H2,1-4H3. The highest BCUT2D eigenvalue weighted by atomic mass is 79.9. The van der Waals surface area contributed by atoms with Crippen molar-refractivity contribution >= 4 is 15.9 Å². The van der Waals surface area contributed by atoms with Gasteiger partial charge in [0, 0.05) is 4.83 Å². The fraction of sp³-hybridized carbons (Fsp3) is 0.571. The summed E-state index contributed by atoms with van der Waals surface area (Å²) in [6.45, 7) is 8.90. The van der Waals surface area contributed by atoms with Crippen molar-refractivity contribution in [3.63, 3.8) is 0 Å². The van der Waals surface area contributed by atoms with Crippen LogP contribution >= 0.6 is 15.9 Å². The number of halogens is 1. The Morgan fingerprint density at radius 2 is 1.73 bits per heavy atom. The molecule has 0 fully saturated rings. The van der Waals surface area contributed by atoms with E-state index in [2.05, 4.69) is 61.8 Å². The van der Waals surface area contributed by atoms with E-state index in [1.165, 1.54) is 29.5 Å². The summed E-state index contributed by atoms with van der Waals surface area (Å²) in [6, 6.07) is 6.74. The van der Waals surface area contributed by atoms with Gasteiger partial charge < -0.3 is 0 Å². The summed E-state index contributed by atoms with van der Waals surface area (Å²) in [5.74, 6) is 0.742. The van der Waals surface area contributed by atoms with Crippen molar-refractivity contribution in [1.29, 1.82) is 0 Å². The molecule has 0 nitrogen and oxygen atoms in total. The molecule has 1 aromatic carbocycles. The molecular weight excluding hydrogens is 248 g/mol. The van der Waals surface area contributed by atoms with Gasteiger partial charge in [0.2, 0.25) is 0 Å². The predicted octanol–water partition coefficient (Wildman–Crippen LogP) is 5.18. The molecule has 1 unspecified atom stereocenters. The lowest BCUT2D eigenvalue weighted by Crippen LogP contribution is -2.07. The zero-order valence-electron chi connectivity index (χ0n) is 10.2. The molecule has 84 valence electrons. The quantitative estimate of drug-likeness (QED) is 0.661. The second kappa shape index (κ2) is 5.69. The van der Waals surface area contributed by atoms with Crippen LogP contribution in [-0.2, 0) is 0 Å². The Morgan fingerprint density at radius 3 is 2.20 bits per heavy atom. The van der Waals surface area contributed by atoms with Gasteiger partial charge in [-0.1, -0.05) is 66.4 Å². The first-order valence-corrected chi connectivity index (χ1v) is 6.72. The minimum Gasteiger partial charge on any atom is -0.0836 e. The van der Waals surface area contributed by atoms with Crippen LogP contribution in [0.5, 0.6) is 0 Å². The zero-order valence-corrected chi connectivity index (χ0v) is 11.8. The van der Waals surface area contributed by atoms with Crippen molar-refractivity contribution in [2.45, 2.75) is 45.4 Å². The molecule has 0 N–H and O–H groups in total. The minimum atomic E-state index is 0.507. The largest absolute Gasteiger partial charge is 0.0836 e. The molecule has 0 radical (unpaired) electrons. The lowest BCUT2D eigenvalue weighted by molar-refractivity contribution is 0.486. The van der Waals surface area contributed by atoms with Crippen molar-refractivity contribution in [2.75, 3.05) is 0 Å². The highest BCUT2D eigenvalue weighted by Gasteiger charge is 2.18. The molecule has 0 saturated heterocycles. The fourth-order valence-corrected chi connectivity index (χ4v) is 3.35. The summed E-state index contributed by atoms with van der Waals surface area (Å²) >= 11 is 3.85. The minimum absolute atomic E-state index is 0.507. The van der Waals surface area contributed by atoms with Gasteiger partial charge in [0.15, 0.2) is 0 Å². The summed E-state index contributed by atoms with van der Waals surface area (Å²) in [4.78, 5) is 0.507. The molecule has 0 aliphatic heterocycles. The van der Waals surface area contributed by atoms with Crippen LogP contribution in [0.25, 0.3) is 0 Å². The Bertz CT molecular complexity index is 313. The maximum atomic E-state index is 3.85. The molecule has 0 amide bonds. The van der Waals surface area contributed by atoms with Crippen LogP contribution in [0.15, 0.2) is 18.2 Å². The zero-order chi connectivity index (χ0) is 11.4. The highest BCUT2D eigenvalue weighted by Crippen LogP contribution is 2.36. The van der Waals surface area contributed by atoms with Gasteiger partial charge in [0.1, 0.15) is 0 Å². The fourth-order valence-electron chi connectivity index (χ4n) is 2.09. The van der Waals surface area contributed by atoms with E-state index in [1.807, 2.05) is 0 Å². The Labute approximate surface area is 102 Å². The molecule has 0 aliphatic carbocycles. The summed E-state index contributed by atoms with van der Waals surface area (Å²) in [7, 11) is 0. The predicted molar refractivity (Wildman–Crippen MR) is 71.7 cm³/mol. The van der Waals surface area contributed by atoms with E-state index in [4.69, 9.17) is 0 Å². The smallest absolute Gasteiger partial charge is 0.0425 e. The average molecular weight is 269 g/mol. The molecule has 1 rings (SSSR count). The van der Waals surface area contributed by atoms with Crippen LogP contribution in [0, 0.1) is 19.8 Å². The third-order valence-corrected chi connectivity index (χ3v) is 4.43. The number of benzene rings is 1. The van der Waals surface area contributed by atoms with E-state index < -0.39 is 0 Å². The Balaban J connectivity index is 2.94. The molecule has 15 heavy (non-hydrogen) atoms. The van der Waals surface area contributed by atoms with Crippen molar-refractivity contribution in [1.82, 2.24) is 0 Å². The van der Waals surface area contributed by atoms with Crippen molar-refractivity contribution in [3.8, 4) is 0 Å². The first-order chi connectivity index (χ1) is 7.10. The molecule has 1 heteroatoms. The van der Waals surface area contributed by atoms with Gasteiger partial charge in [-0.15, -0.1) is 0 Å². The molecule has 0 bridgehead atoms.